The second-order valence-corrected chi connectivity index (χ2v) is 8.36. The third-order valence-corrected chi connectivity index (χ3v) is 6.64. The van der Waals surface area contributed by atoms with Crippen LogP contribution < -0.4 is 4.90 Å². The van der Waals surface area contributed by atoms with E-state index in [1.54, 1.807) is 11.3 Å². The van der Waals surface area contributed by atoms with E-state index < -0.39 is 17.5 Å². The van der Waals surface area contributed by atoms with Crippen LogP contribution in [0.1, 0.15) is 34.1 Å². The summed E-state index contributed by atoms with van der Waals surface area (Å²) in [6, 6.07) is 12.0. The molecule has 1 aromatic heterocycles. The van der Waals surface area contributed by atoms with Crippen molar-refractivity contribution in [2.75, 3.05) is 24.7 Å². The van der Waals surface area contributed by atoms with Crippen LogP contribution in [0.25, 0.3) is 10.2 Å². The van der Waals surface area contributed by atoms with Crippen LogP contribution >= 0.6 is 11.3 Å². The summed E-state index contributed by atoms with van der Waals surface area (Å²) in [6.45, 7) is 1.90. The number of fused-ring (bicyclic) bond motifs is 2. The van der Waals surface area contributed by atoms with E-state index in [0.29, 0.717) is 18.3 Å². The fraction of sp³-hybridized carbons (Fsp3) is 0.286. The Morgan fingerprint density at radius 2 is 2.04 bits per heavy atom. The van der Waals surface area contributed by atoms with Crippen LogP contribution in [0.3, 0.4) is 0 Å². The Morgan fingerprint density at radius 3 is 2.89 bits per heavy atom. The summed E-state index contributed by atoms with van der Waals surface area (Å²) in [5, 5.41) is 1.11. The average molecular weight is 395 g/mol. The summed E-state index contributed by atoms with van der Waals surface area (Å²) in [5.74, 6) is -1.29. The van der Waals surface area contributed by atoms with E-state index in [1.165, 1.54) is 27.8 Å². The van der Waals surface area contributed by atoms with Gasteiger partial charge in [-0.3, -0.25) is 19.4 Å². The fourth-order valence-electron chi connectivity index (χ4n) is 4.06. The molecule has 2 aliphatic heterocycles. The van der Waals surface area contributed by atoms with Crippen LogP contribution in [0, 0.1) is 5.82 Å². The maximum absolute atomic E-state index is 13.7. The minimum absolute atomic E-state index is 0.283. The first-order valence-corrected chi connectivity index (χ1v) is 10.2. The number of carbonyl (C=O) groups excluding carboxylic acids is 2. The minimum Gasteiger partial charge on any atom is -0.291 e. The first-order valence-electron chi connectivity index (χ1n) is 9.34. The highest BCUT2D eigenvalue weighted by molar-refractivity contribution is 7.18. The lowest BCUT2D eigenvalue weighted by atomic mass is 9.99. The van der Waals surface area contributed by atoms with Crippen molar-refractivity contribution in [3.05, 3.63) is 58.9 Å². The van der Waals surface area contributed by atoms with Crippen molar-refractivity contribution in [2.24, 2.45) is 0 Å². The zero-order chi connectivity index (χ0) is 19.3. The Labute approximate surface area is 165 Å². The van der Waals surface area contributed by atoms with Crippen LogP contribution in [0.4, 0.5) is 10.1 Å². The van der Waals surface area contributed by atoms with Crippen molar-refractivity contribution in [1.29, 1.82) is 0 Å². The lowest BCUT2D eigenvalue weighted by Crippen LogP contribution is -2.44. The number of hydrogen-bond acceptors (Lipinski definition) is 5. The number of Topliss-reactive ketones (excluding diaryl/α,β-unsaturated/α-hetero) is 1. The number of para-hydroxylation sites is 1. The number of aromatic nitrogens is 1. The van der Waals surface area contributed by atoms with Crippen LogP contribution in [0.5, 0.6) is 0 Å². The van der Waals surface area contributed by atoms with E-state index in [-0.39, 0.29) is 5.56 Å². The predicted octanol–water partition coefficient (Wildman–Crippen LogP) is 3.80. The van der Waals surface area contributed by atoms with Gasteiger partial charge in [-0.2, -0.15) is 0 Å². The highest BCUT2D eigenvalue weighted by Gasteiger charge is 2.37. The number of thiazole rings is 1. The molecule has 7 heteroatoms. The van der Waals surface area contributed by atoms with Gasteiger partial charge in [0.25, 0.3) is 5.78 Å². The summed E-state index contributed by atoms with van der Waals surface area (Å²) >= 11 is 1.72. The molecule has 1 amide bonds. The molecule has 1 fully saturated rings. The van der Waals surface area contributed by atoms with E-state index in [1.807, 2.05) is 18.2 Å². The zero-order valence-corrected chi connectivity index (χ0v) is 15.9. The van der Waals surface area contributed by atoms with Gasteiger partial charge in [0, 0.05) is 12.5 Å². The van der Waals surface area contributed by atoms with E-state index in [4.69, 9.17) is 4.98 Å². The molecule has 0 saturated carbocycles. The second kappa shape index (κ2) is 6.76. The summed E-state index contributed by atoms with van der Waals surface area (Å²) in [4.78, 5) is 33.0. The molecule has 0 unspecified atom stereocenters. The number of piperidine rings is 1. The number of carbonyl (C=O) groups is 2. The molecule has 0 N–H and O–H groups in total. The SMILES string of the molecule is O=C1C(=O)N(CN2CCC[C@@H](c3nc4ccccc4s3)C2)c2cc(F)ccc21. The van der Waals surface area contributed by atoms with E-state index >= 15 is 0 Å². The molecule has 3 aromatic rings. The maximum atomic E-state index is 13.7. The Bertz CT molecular complexity index is 1060. The predicted molar refractivity (Wildman–Crippen MR) is 106 cm³/mol. The number of halogens is 1. The first kappa shape index (κ1) is 17.5. The number of amides is 1. The third kappa shape index (κ3) is 2.91. The number of hydrogen-bond donors (Lipinski definition) is 0. The highest BCUT2D eigenvalue weighted by Crippen LogP contribution is 2.34. The Kier molecular flexibility index (Phi) is 4.21. The number of nitrogens with zero attached hydrogens (tertiary/aromatic N) is 3. The first-order chi connectivity index (χ1) is 13.6. The molecule has 28 heavy (non-hydrogen) atoms. The topological polar surface area (TPSA) is 53.5 Å². The fourth-order valence-corrected chi connectivity index (χ4v) is 5.15. The number of benzene rings is 2. The molecule has 1 atom stereocenters. The molecule has 2 aromatic carbocycles. The van der Waals surface area contributed by atoms with E-state index in [0.717, 1.165) is 36.5 Å². The van der Waals surface area contributed by atoms with Gasteiger partial charge in [0.1, 0.15) is 5.82 Å². The van der Waals surface area contributed by atoms with Crippen LogP contribution in [-0.2, 0) is 4.79 Å². The Balaban J connectivity index is 1.37. The normalized spacial score (nSPS) is 20.2. The van der Waals surface area contributed by atoms with Crippen molar-refractivity contribution >= 4 is 38.9 Å². The molecule has 5 rings (SSSR count). The van der Waals surface area contributed by atoms with Gasteiger partial charge in [-0.25, -0.2) is 9.37 Å². The number of anilines is 1. The van der Waals surface area contributed by atoms with Crippen molar-refractivity contribution in [3.63, 3.8) is 0 Å². The summed E-state index contributed by atoms with van der Waals surface area (Å²) in [5.41, 5.74) is 1.67. The van der Waals surface area contributed by atoms with Gasteiger partial charge in [0.15, 0.2) is 0 Å². The lowest BCUT2D eigenvalue weighted by molar-refractivity contribution is -0.114. The van der Waals surface area contributed by atoms with Gasteiger partial charge in [0.2, 0.25) is 0 Å². The molecular weight excluding hydrogens is 377 g/mol. The van der Waals surface area contributed by atoms with Crippen molar-refractivity contribution < 1.29 is 14.0 Å². The van der Waals surface area contributed by atoms with Gasteiger partial charge in [0.05, 0.1) is 33.1 Å². The summed E-state index contributed by atoms with van der Waals surface area (Å²) in [6.07, 6.45) is 2.04. The molecule has 142 valence electrons. The quantitative estimate of drug-likeness (QED) is 0.633. The molecule has 0 radical (unpaired) electrons. The largest absolute Gasteiger partial charge is 0.300 e. The van der Waals surface area contributed by atoms with Gasteiger partial charge in [-0.1, -0.05) is 12.1 Å². The van der Waals surface area contributed by atoms with Gasteiger partial charge in [-0.15, -0.1) is 11.3 Å². The smallest absolute Gasteiger partial charge is 0.291 e. The molecule has 2 aliphatic rings. The maximum Gasteiger partial charge on any atom is 0.300 e. The monoisotopic (exact) mass is 395 g/mol. The molecular formula is C21H18FN3O2S. The molecule has 0 bridgehead atoms. The van der Waals surface area contributed by atoms with Gasteiger partial charge in [-0.05, 0) is 49.7 Å². The standard InChI is InChI=1S/C21H18FN3O2S/c22-14-7-8-15-17(10-14)25(21(27)19(15)26)12-24-9-3-4-13(11-24)20-23-16-5-1-2-6-18(16)28-20/h1-2,5-8,10,13H,3-4,9,11-12H2/t13-/m1/s1. The van der Waals surface area contributed by atoms with Crippen LogP contribution in [-0.4, -0.2) is 41.3 Å². The van der Waals surface area contributed by atoms with Crippen molar-refractivity contribution in [2.45, 2.75) is 18.8 Å². The highest BCUT2D eigenvalue weighted by atomic mass is 32.1. The lowest BCUT2D eigenvalue weighted by Gasteiger charge is -2.34. The van der Waals surface area contributed by atoms with Crippen molar-refractivity contribution in [1.82, 2.24) is 9.88 Å². The molecule has 3 heterocycles. The Hall–Kier alpha value is -2.64. The number of rotatable bonds is 3. The molecule has 5 nitrogen and oxygen atoms in total. The second-order valence-electron chi connectivity index (χ2n) is 7.30. The molecule has 0 aliphatic carbocycles. The molecule has 0 spiro atoms. The summed E-state index contributed by atoms with van der Waals surface area (Å²) < 4.78 is 14.9. The number of likely N-dealkylation sites (tertiary alicyclic amines) is 1. The van der Waals surface area contributed by atoms with E-state index in [2.05, 4.69) is 11.0 Å². The van der Waals surface area contributed by atoms with Crippen molar-refractivity contribution in [3.8, 4) is 0 Å². The van der Waals surface area contributed by atoms with E-state index in [9.17, 15) is 14.0 Å². The zero-order valence-electron chi connectivity index (χ0n) is 15.1. The van der Waals surface area contributed by atoms with Crippen LogP contribution in [0.15, 0.2) is 42.5 Å². The molecule has 1 saturated heterocycles. The Morgan fingerprint density at radius 1 is 1.18 bits per heavy atom. The van der Waals surface area contributed by atoms with Gasteiger partial charge < -0.3 is 0 Å². The minimum atomic E-state index is -0.581. The average Bonchev–Trinajstić information content (AvgIpc) is 3.24. The van der Waals surface area contributed by atoms with Crippen LogP contribution in [0.2, 0.25) is 0 Å². The third-order valence-electron chi connectivity index (χ3n) is 5.44. The summed E-state index contributed by atoms with van der Waals surface area (Å²) in [7, 11) is 0. The number of ketones is 1. The van der Waals surface area contributed by atoms with Gasteiger partial charge >= 0.3 is 5.91 Å².